The fourth-order valence-electron chi connectivity index (χ4n) is 8.04. The second-order valence-corrected chi connectivity index (χ2v) is 13.0. The average Bonchev–Trinajstić information content (AvgIpc) is 3.30. The highest BCUT2D eigenvalue weighted by Gasteiger charge is 2.68. The summed E-state index contributed by atoms with van der Waals surface area (Å²) in [5.74, 6) is -4.26. The molecule has 6 rings (SSSR count). The average molecular weight is 570 g/mol. The number of aliphatic hydroxyl groups is 3. The number of phenols is 1. The van der Waals surface area contributed by atoms with E-state index in [1.165, 1.54) is 31.4 Å². The van der Waals surface area contributed by atoms with Gasteiger partial charge in [0.2, 0.25) is 5.78 Å². The fraction of sp³-hybridized carbons (Fsp3) is 0.382. The number of amides is 1. The quantitative estimate of drug-likeness (QED) is 0.323. The van der Waals surface area contributed by atoms with Crippen LogP contribution in [-0.4, -0.2) is 43.5 Å². The van der Waals surface area contributed by atoms with Crippen LogP contribution in [0.3, 0.4) is 0 Å². The Morgan fingerprint density at radius 2 is 1.71 bits per heavy atom. The van der Waals surface area contributed by atoms with Gasteiger partial charge < -0.3 is 26.2 Å². The maximum absolute atomic E-state index is 14.1. The van der Waals surface area contributed by atoms with Crippen LogP contribution in [0.4, 0.5) is 0 Å². The number of Topliss-reactive ketones (excluding diaryl/α,β-unsaturated/α-hetero) is 2. The van der Waals surface area contributed by atoms with E-state index in [0.717, 1.165) is 23.1 Å². The van der Waals surface area contributed by atoms with E-state index in [1.807, 2.05) is 24.3 Å². The standard InChI is InChI=1S/C34H35NO7/c1-17-5-4-6-20(17)13-18-7-9-19(10-8-18)21-11-12-23(36)25-22(21)14-32(2)16-33(3)15-24(37)26(31(35)41)29(39)34(33,42)30(40)27(32)28(25)38/h7-13,17,36,38-39,42H,4-6,14-16H2,1-3H3,(H2,35,41)/t17?,32-,33+,34+/m1/s1. The van der Waals surface area contributed by atoms with Gasteiger partial charge in [0.15, 0.2) is 11.4 Å². The molecule has 0 saturated heterocycles. The van der Waals surface area contributed by atoms with Crippen molar-refractivity contribution in [2.75, 3.05) is 0 Å². The maximum Gasteiger partial charge on any atom is 0.255 e. The number of fused-ring (bicyclic) bond motifs is 3. The fourth-order valence-corrected chi connectivity index (χ4v) is 8.04. The highest BCUT2D eigenvalue weighted by molar-refractivity contribution is 6.23. The molecule has 0 aliphatic heterocycles. The van der Waals surface area contributed by atoms with Gasteiger partial charge in [0.05, 0.1) is 5.56 Å². The minimum atomic E-state index is -2.65. The number of primary amides is 1. The van der Waals surface area contributed by atoms with Gasteiger partial charge in [-0.15, -0.1) is 0 Å². The summed E-state index contributed by atoms with van der Waals surface area (Å²) in [6.07, 6.45) is 5.61. The lowest BCUT2D eigenvalue weighted by molar-refractivity contribution is -0.165. The first kappa shape index (κ1) is 28.0. The van der Waals surface area contributed by atoms with Gasteiger partial charge in [-0.05, 0) is 66.3 Å². The summed E-state index contributed by atoms with van der Waals surface area (Å²) < 4.78 is 0. The molecule has 2 saturated carbocycles. The Morgan fingerprint density at radius 3 is 2.33 bits per heavy atom. The van der Waals surface area contributed by atoms with Crippen molar-refractivity contribution < 1.29 is 34.8 Å². The Labute approximate surface area is 243 Å². The summed E-state index contributed by atoms with van der Waals surface area (Å²) in [5, 5.41) is 45.2. The minimum Gasteiger partial charge on any atom is -0.508 e. The predicted octanol–water partition coefficient (Wildman–Crippen LogP) is 5.07. The number of aromatic hydroxyl groups is 1. The summed E-state index contributed by atoms with van der Waals surface area (Å²) in [4.78, 5) is 38.9. The number of nitrogens with two attached hydrogens (primary N) is 1. The van der Waals surface area contributed by atoms with Gasteiger partial charge in [-0.1, -0.05) is 62.8 Å². The predicted molar refractivity (Wildman–Crippen MR) is 157 cm³/mol. The largest absolute Gasteiger partial charge is 0.508 e. The normalized spacial score (nSPS) is 31.7. The topological polar surface area (TPSA) is 158 Å². The second-order valence-electron chi connectivity index (χ2n) is 13.0. The highest BCUT2D eigenvalue weighted by Crippen LogP contribution is 2.62. The Balaban J connectivity index is 1.49. The van der Waals surface area contributed by atoms with Crippen molar-refractivity contribution in [1.82, 2.24) is 0 Å². The Morgan fingerprint density at radius 1 is 1.02 bits per heavy atom. The third kappa shape index (κ3) is 3.74. The van der Waals surface area contributed by atoms with E-state index in [9.17, 15) is 34.8 Å². The number of phenolic OH excluding ortho intramolecular Hbond substituents is 1. The first-order valence-electron chi connectivity index (χ1n) is 14.4. The third-order valence-electron chi connectivity index (χ3n) is 10.1. The maximum atomic E-state index is 14.1. The van der Waals surface area contributed by atoms with Crippen LogP contribution in [0.25, 0.3) is 23.0 Å². The van der Waals surface area contributed by atoms with Crippen LogP contribution in [0, 0.1) is 16.7 Å². The molecule has 0 spiro atoms. The second kappa shape index (κ2) is 9.16. The summed E-state index contributed by atoms with van der Waals surface area (Å²) in [6.45, 7) is 5.54. The molecule has 2 aromatic carbocycles. The first-order valence-corrected chi connectivity index (χ1v) is 14.4. The minimum absolute atomic E-state index is 0.0305. The van der Waals surface area contributed by atoms with E-state index in [0.29, 0.717) is 11.5 Å². The van der Waals surface area contributed by atoms with Crippen LogP contribution in [-0.2, 0) is 20.8 Å². The molecule has 4 aliphatic carbocycles. The van der Waals surface area contributed by atoms with Crippen molar-refractivity contribution in [3.8, 4) is 16.9 Å². The van der Waals surface area contributed by atoms with E-state index in [-0.39, 0.29) is 29.7 Å². The van der Waals surface area contributed by atoms with Crippen molar-refractivity contribution in [2.45, 2.75) is 64.9 Å². The number of benzene rings is 2. The molecule has 2 aromatic rings. The number of ketones is 2. The van der Waals surface area contributed by atoms with Crippen LogP contribution in [0.5, 0.6) is 5.75 Å². The van der Waals surface area contributed by atoms with E-state index in [1.54, 1.807) is 13.0 Å². The molecule has 0 aromatic heterocycles. The van der Waals surface area contributed by atoms with E-state index in [2.05, 4.69) is 13.0 Å². The zero-order valence-electron chi connectivity index (χ0n) is 24.0. The van der Waals surface area contributed by atoms with Crippen molar-refractivity contribution in [3.63, 3.8) is 0 Å². The molecule has 8 nitrogen and oxygen atoms in total. The van der Waals surface area contributed by atoms with Gasteiger partial charge in [-0.25, -0.2) is 0 Å². The molecule has 2 fully saturated rings. The van der Waals surface area contributed by atoms with E-state index < -0.39 is 57.4 Å². The van der Waals surface area contributed by atoms with Crippen molar-refractivity contribution in [3.05, 3.63) is 75.6 Å². The monoisotopic (exact) mass is 569 g/mol. The van der Waals surface area contributed by atoms with Gasteiger partial charge in [-0.3, -0.25) is 14.4 Å². The molecule has 8 heteroatoms. The zero-order valence-corrected chi connectivity index (χ0v) is 24.0. The number of aliphatic hydroxyl groups excluding tert-OH is 2. The van der Waals surface area contributed by atoms with Gasteiger partial charge in [-0.2, -0.15) is 0 Å². The van der Waals surface area contributed by atoms with Gasteiger partial charge in [0.25, 0.3) is 5.91 Å². The van der Waals surface area contributed by atoms with Crippen LogP contribution in [0.1, 0.15) is 69.6 Å². The van der Waals surface area contributed by atoms with Crippen LogP contribution in [0.15, 0.2) is 58.9 Å². The van der Waals surface area contributed by atoms with Crippen molar-refractivity contribution in [2.24, 2.45) is 22.5 Å². The lowest BCUT2D eigenvalue weighted by Crippen LogP contribution is -2.65. The number of carbonyl (C=O) groups is 3. The SMILES string of the molecule is CC1CCCC1=Cc1ccc(-c2ccc(O)c3c2C[C@]2(C)C[C@]4(C)CC(=O)C(C(N)=O)=C(O)[C@]4(O)C(=O)C2=C3O)cc1. The lowest BCUT2D eigenvalue weighted by Gasteiger charge is -2.56. The van der Waals surface area contributed by atoms with E-state index >= 15 is 0 Å². The molecule has 4 atom stereocenters. The molecule has 4 aliphatic rings. The molecular weight excluding hydrogens is 534 g/mol. The number of allylic oxidation sites excluding steroid dienone is 1. The third-order valence-corrected chi connectivity index (χ3v) is 10.1. The molecule has 1 amide bonds. The van der Waals surface area contributed by atoms with Crippen molar-refractivity contribution in [1.29, 1.82) is 0 Å². The Bertz CT molecular complexity index is 1680. The molecular formula is C34H35NO7. The summed E-state index contributed by atoms with van der Waals surface area (Å²) in [7, 11) is 0. The Kier molecular flexibility index (Phi) is 6.10. The molecule has 218 valence electrons. The van der Waals surface area contributed by atoms with Gasteiger partial charge >= 0.3 is 0 Å². The van der Waals surface area contributed by atoms with Gasteiger partial charge in [0, 0.05) is 22.8 Å². The summed E-state index contributed by atoms with van der Waals surface area (Å²) in [5.41, 5.74) is 4.05. The van der Waals surface area contributed by atoms with Crippen molar-refractivity contribution >= 4 is 29.3 Å². The molecule has 6 N–H and O–H groups in total. The highest BCUT2D eigenvalue weighted by atomic mass is 16.3. The number of hydrogen-bond acceptors (Lipinski definition) is 7. The Hall–Kier alpha value is -4.17. The molecule has 1 unspecified atom stereocenters. The van der Waals surface area contributed by atoms with Crippen LogP contribution in [0.2, 0.25) is 0 Å². The van der Waals surface area contributed by atoms with Crippen LogP contribution >= 0.6 is 0 Å². The zero-order chi connectivity index (χ0) is 30.4. The number of carbonyl (C=O) groups excluding carboxylic acids is 3. The first-order chi connectivity index (χ1) is 19.7. The lowest BCUT2D eigenvalue weighted by atomic mass is 9.47. The van der Waals surface area contributed by atoms with Gasteiger partial charge in [0.1, 0.15) is 22.8 Å². The number of rotatable bonds is 3. The summed E-state index contributed by atoms with van der Waals surface area (Å²) >= 11 is 0. The smallest absolute Gasteiger partial charge is 0.255 e. The molecule has 0 bridgehead atoms. The van der Waals surface area contributed by atoms with E-state index in [4.69, 9.17) is 5.73 Å². The molecule has 0 heterocycles. The summed E-state index contributed by atoms with van der Waals surface area (Å²) in [6, 6.07) is 11.3. The molecule has 0 radical (unpaired) electrons. The number of hydrogen-bond donors (Lipinski definition) is 5. The van der Waals surface area contributed by atoms with Crippen LogP contribution < -0.4 is 5.73 Å². The molecule has 42 heavy (non-hydrogen) atoms.